The van der Waals surface area contributed by atoms with E-state index in [9.17, 15) is 9.59 Å². The molecule has 1 unspecified atom stereocenters. The molecule has 1 aromatic rings. The van der Waals surface area contributed by atoms with E-state index < -0.39 is 6.04 Å². The molecule has 1 aliphatic heterocycles. The van der Waals surface area contributed by atoms with Crippen LogP contribution in [0.5, 0.6) is 0 Å². The predicted octanol–water partition coefficient (Wildman–Crippen LogP) is 1.66. The first-order valence-electron chi connectivity index (χ1n) is 6.45. The summed E-state index contributed by atoms with van der Waals surface area (Å²) in [6.07, 6.45) is 0. The van der Waals surface area contributed by atoms with Crippen LogP contribution in [0, 0.1) is 0 Å². The molecule has 1 heterocycles. The molecule has 6 heteroatoms. The molecule has 1 aliphatic rings. The molecule has 5 nitrogen and oxygen atoms in total. The number of fused-ring (bicyclic) bond motifs is 1. The molecule has 2 rings (SSSR count). The molecular weight excluding hydrogens is 322 g/mol. The van der Waals surface area contributed by atoms with Crippen molar-refractivity contribution in [2.75, 3.05) is 18.5 Å². The highest BCUT2D eigenvalue weighted by molar-refractivity contribution is 9.10. The quantitative estimate of drug-likeness (QED) is 0.910. The first-order valence-corrected chi connectivity index (χ1v) is 7.25. The van der Waals surface area contributed by atoms with Gasteiger partial charge < -0.3 is 15.5 Å². The second-order valence-electron chi connectivity index (χ2n) is 5.17. The zero-order valence-corrected chi connectivity index (χ0v) is 13.3. The zero-order valence-electron chi connectivity index (χ0n) is 11.8. The van der Waals surface area contributed by atoms with Crippen molar-refractivity contribution in [3.8, 4) is 0 Å². The molecule has 20 heavy (non-hydrogen) atoms. The third-order valence-corrected chi connectivity index (χ3v) is 4.32. The van der Waals surface area contributed by atoms with Crippen molar-refractivity contribution in [3.05, 3.63) is 28.2 Å². The molecule has 0 bridgehead atoms. The van der Waals surface area contributed by atoms with Gasteiger partial charge in [0.2, 0.25) is 11.8 Å². The average Bonchev–Trinajstić information content (AvgIpc) is 2.64. The summed E-state index contributed by atoms with van der Waals surface area (Å²) in [7, 11) is 1.73. The van der Waals surface area contributed by atoms with Crippen LogP contribution < -0.4 is 10.6 Å². The Labute approximate surface area is 126 Å². The van der Waals surface area contributed by atoms with E-state index in [0.717, 1.165) is 10.0 Å². The summed E-state index contributed by atoms with van der Waals surface area (Å²) in [6, 6.07) is 4.87. The molecule has 1 aromatic carbocycles. The van der Waals surface area contributed by atoms with Gasteiger partial charge in [-0.05, 0) is 26.0 Å². The summed E-state index contributed by atoms with van der Waals surface area (Å²) in [5.41, 5.74) is 7.40. The van der Waals surface area contributed by atoms with Crippen molar-refractivity contribution in [1.82, 2.24) is 4.90 Å². The molecule has 0 saturated heterocycles. The Kier molecular flexibility index (Phi) is 4.15. The Hall–Kier alpha value is -1.40. The first kappa shape index (κ1) is 15.0. The fourth-order valence-corrected chi connectivity index (χ4v) is 2.78. The summed E-state index contributed by atoms with van der Waals surface area (Å²) in [5.74, 6) is -0.342. The van der Waals surface area contributed by atoms with Gasteiger partial charge in [0.15, 0.2) is 0 Å². The van der Waals surface area contributed by atoms with Gasteiger partial charge in [0.25, 0.3) is 0 Å². The maximum absolute atomic E-state index is 12.3. The number of carbonyl (C=O) groups is 2. The number of halogens is 1. The second kappa shape index (κ2) is 5.54. The lowest BCUT2D eigenvalue weighted by molar-refractivity contribution is -0.131. The Morgan fingerprint density at radius 1 is 1.50 bits per heavy atom. The van der Waals surface area contributed by atoms with E-state index in [1.54, 1.807) is 11.9 Å². The van der Waals surface area contributed by atoms with Crippen LogP contribution in [0.2, 0.25) is 0 Å². The summed E-state index contributed by atoms with van der Waals surface area (Å²) < 4.78 is 0.794. The zero-order chi connectivity index (χ0) is 15.0. The lowest BCUT2D eigenvalue weighted by atomic mass is 10.1. The lowest BCUT2D eigenvalue weighted by Crippen LogP contribution is -2.43. The van der Waals surface area contributed by atoms with Crippen molar-refractivity contribution in [2.24, 2.45) is 5.73 Å². The third kappa shape index (κ3) is 2.45. The van der Waals surface area contributed by atoms with Crippen LogP contribution in [0.4, 0.5) is 5.69 Å². The number of nitrogens with two attached hydrogens (primary N) is 1. The van der Waals surface area contributed by atoms with Crippen molar-refractivity contribution >= 4 is 33.4 Å². The number of hydrogen-bond acceptors (Lipinski definition) is 3. The standard InChI is InChI=1S/C14H18BrN3O2/c1-8(2)17(3)11(19)7-18-10-6-4-5-9(15)12(10)13(16)14(18)20/h4-6,8,13H,7,16H2,1-3H3. The topological polar surface area (TPSA) is 66.6 Å². The van der Waals surface area contributed by atoms with Gasteiger partial charge in [0.05, 0.1) is 5.69 Å². The van der Waals surface area contributed by atoms with Crippen molar-refractivity contribution in [1.29, 1.82) is 0 Å². The number of benzene rings is 1. The fraction of sp³-hybridized carbons (Fsp3) is 0.429. The van der Waals surface area contributed by atoms with Crippen LogP contribution >= 0.6 is 15.9 Å². The van der Waals surface area contributed by atoms with Crippen molar-refractivity contribution in [2.45, 2.75) is 25.9 Å². The maximum Gasteiger partial charge on any atom is 0.249 e. The largest absolute Gasteiger partial charge is 0.342 e. The summed E-state index contributed by atoms with van der Waals surface area (Å²) in [6.45, 7) is 3.88. The Balaban J connectivity index is 2.29. The van der Waals surface area contributed by atoms with Crippen molar-refractivity contribution in [3.63, 3.8) is 0 Å². The van der Waals surface area contributed by atoms with Crippen molar-refractivity contribution < 1.29 is 9.59 Å². The summed E-state index contributed by atoms with van der Waals surface area (Å²) in [4.78, 5) is 27.5. The Bertz CT molecular complexity index is 559. The molecule has 0 saturated carbocycles. The highest BCUT2D eigenvalue weighted by atomic mass is 79.9. The number of nitrogens with zero attached hydrogens (tertiary/aromatic N) is 2. The lowest BCUT2D eigenvalue weighted by Gasteiger charge is -2.25. The molecule has 2 amide bonds. The molecule has 0 fully saturated rings. The molecule has 108 valence electrons. The van der Waals surface area contributed by atoms with Crippen LogP contribution in [-0.2, 0) is 9.59 Å². The smallest absolute Gasteiger partial charge is 0.249 e. The van der Waals surface area contributed by atoms with Gasteiger partial charge >= 0.3 is 0 Å². The number of rotatable bonds is 3. The molecule has 0 aromatic heterocycles. The molecule has 1 atom stereocenters. The van der Waals surface area contributed by atoms with Gasteiger partial charge in [-0.1, -0.05) is 22.0 Å². The second-order valence-corrected chi connectivity index (χ2v) is 6.03. The van der Waals surface area contributed by atoms with E-state index in [4.69, 9.17) is 5.73 Å². The SMILES string of the molecule is CC(C)N(C)C(=O)CN1C(=O)C(N)c2c(Br)cccc21. The van der Waals surface area contributed by atoms with Gasteiger partial charge in [-0.15, -0.1) is 0 Å². The molecule has 0 radical (unpaired) electrons. The number of anilines is 1. The fourth-order valence-electron chi connectivity index (χ4n) is 2.18. The van der Waals surface area contributed by atoms with E-state index in [-0.39, 0.29) is 24.4 Å². The van der Waals surface area contributed by atoms with Crippen LogP contribution in [0.25, 0.3) is 0 Å². The minimum atomic E-state index is -0.710. The summed E-state index contributed by atoms with van der Waals surface area (Å²) in [5, 5.41) is 0. The van der Waals surface area contributed by atoms with Crippen LogP contribution in [0.1, 0.15) is 25.5 Å². The van der Waals surface area contributed by atoms with E-state index in [2.05, 4.69) is 15.9 Å². The van der Waals surface area contributed by atoms with Gasteiger partial charge in [-0.3, -0.25) is 9.59 Å². The van der Waals surface area contributed by atoms with Gasteiger partial charge in [-0.25, -0.2) is 0 Å². The highest BCUT2D eigenvalue weighted by Crippen LogP contribution is 2.39. The van der Waals surface area contributed by atoms with Gasteiger partial charge in [-0.2, -0.15) is 0 Å². The predicted molar refractivity (Wildman–Crippen MR) is 81.3 cm³/mol. The van der Waals surface area contributed by atoms with Crippen LogP contribution in [0.3, 0.4) is 0 Å². The normalized spacial score (nSPS) is 17.6. The number of amides is 2. The monoisotopic (exact) mass is 339 g/mol. The molecule has 0 spiro atoms. The highest BCUT2D eigenvalue weighted by Gasteiger charge is 2.37. The maximum atomic E-state index is 12.3. The first-order chi connectivity index (χ1) is 9.34. The molecule has 2 N–H and O–H groups in total. The van der Waals surface area contributed by atoms with E-state index in [1.165, 1.54) is 4.90 Å². The van der Waals surface area contributed by atoms with E-state index in [0.29, 0.717) is 5.69 Å². The third-order valence-electron chi connectivity index (χ3n) is 3.63. The van der Waals surface area contributed by atoms with Gasteiger partial charge in [0.1, 0.15) is 12.6 Å². The molecular formula is C14H18BrN3O2. The minimum absolute atomic E-state index is 0.0185. The average molecular weight is 340 g/mol. The number of hydrogen-bond donors (Lipinski definition) is 1. The van der Waals surface area contributed by atoms with Crippen LogP contribution in [-0.4, -0.2) is 36.3 Å². The number of carbonyl (C=O) groups excluding carboxylic acids is 2. The van der Waals surface area contributed by atoms with E-state index in [1.807, 2.05) is 32.0 Å². The number of likely N-dealkylation sites (N-methyl/N-ethyl adjacent to an activating group) is 1. The van der Waals surface area contributed by atoms with E-state index >= 15 is 0 Å². The Morgan fingerprint density at radius 2 is 2.15 bits per heavy atom. The van der Waals surface area contributed by atoms with Gasteiger partial charge in [0, 0.05) is 23.1 Å². The van der Waals surface area contributed by atoms with Crippen LogP contribution in [0.15, 0.2) is 22.7 Å². The Morgan fingerprint density at radius 3 is 2.75 bits per heavy atom. The molecule has 0 aliphatic carbocycles. The minimum Gasteiger partial charge on any atom is -0.342 e. The summed E-state index contributed by atoms with van der Waals surface area (Å²) >= 11 is 3.41.